The fourth-order valence-electron chi connectivity index (χ4n) is 5.89. The summed E-state index contributed by atoms with van der Waals surface area (Å²) in [4.78, 5) is 39.5. The summed E-state index contributed by atoms with van der Waals surface area (Å²) in [6, 6.07) is 39.8. The Balaban J connectivity index is 1.00. The van der Waals surface area contributed by atoms with E-state index in [9.17, 15) is 14.7 Å². The Hall–Kier alpha value is -6.46. The lowest BCUT2D eigenvalue weighted by Crippen LogP contribution is -2.18. The standard InChI is InChI=1S/C45H40O10/c1-29-5-7-31(32(25-29)27-50-49)28-51-55-40-22-20-38(21-23-40)53-36-14-10-34(11-15-36)45(3,4)33-8-12-35(13-9-33)52-37-16-18-39(19-17-37)54-44(48)41-24-6-30(2)26-42(41)43(46)47/h5-26,49H,27-28H2,1-4H3,(H,46,47). The van der Waals surface area contributed by atoms with Gasteiger partial charge in [-0.1, -0.05) is 73.5 Å². The van der Waals surface area contributed by atoms with Crippen molar-refractivity contribution < 1.29 is 48.8 Å². The van der Waals surface area contributed by atoms with Gasteiger partial charge in [-0.3, -0.25) is 5.26 Å². The summed E-state index contributed by atoms with van der Waals surface area (Å²) in [7, 11) is 0. The van der Waals surface area contributed by atoms with E-state index < -0.39 is 11.9 Å². The van der Waals surface area contributed by atoms with E-state index in [-0.39, 0.29) is 35.5 Å². The van der Waals surface area contributed by atoms with Crippen LogP contribution in [0.2, 0.25) is 0 Å². The molecule has 0 saturated heterocycles. The Morgan fingerprint density at radius 1 is 0.545 bits per heavy atom. The largest absolute Gasteiger partial charge is 0.478 e. The number of aromatic carboxylic acids is 1. The second-order valence-corrected chi connectivity index (χ2v) is 13.5. The zero-order valence-electron chi connectivity index (χ0n) is 30.8. The topological polar surface area (TPSA) is 130 Å². The highest BCUT2D eigenvalue weighted by molar-refractivity contribution is 6.03. The highest BCUT2D eigenvalue weighted by Crippen LogP contribution is 2.35. The van der Waals surface area contributed by atoms with Crippen LogP contribution in [0.4, 0.5) is 0 Å². The first kappa shape index (κ1) is 38.3. The number of benzene rings is 6. The maximum Gasteiger partial charge on any atom is 0.344 e. The molecule has 10 nitrogen and oxygen atoms in total. The quantitative estimate of drug-likeness (QED) is 0.0454. The minimum Gasteiger partial charge on any atom is -0.478 e. The van der Waals surface area contributed by atoms with Crippen LogP contribution in [0.1, 0.15) is 67.9 Å². The number of carbonyl (C=O) groups excluding carboxylic acids is 1. The summed E-state index contributed by atoms with van der Waals surface area (Å²) >= 11 is 0. The van der Waals surface area contributed by atoms with Crippen molar-refractivity contribution in [3.63, 3.8) is 0 Å². The average molecular weight is 741 g/mol. The molecule has 55 heavy (non-hydrogen) atoms. The smallest absolute Gasteiger partial charge is 0.344 e. The molecule has 0 aliphatic heterocycles. The molecule has 6 aromatic carbocycles. The van der Waals surface area contributed by atoms with Gasteiger partial charge in [0.25, 0.3) is 0 Å². The second kappa shape index (κ2) is 17.1. The molecule has 280 valence electrons. The maximum atomic E-state index is 12.7. The number of hydrogen-bond donors (Lipinski definition) is 2. The van der Waals surface area contributed by atoms with Gasteiger partial charge in [0.2, 0.25) is 0 Å². The summed E-state index contributed by atoms with van der Waals surface area (Å²) in [5.41, 5.74) is 5.19. The molecular weight excluding hydrogens is 700 g/mol. The van der Waals surface area contributed by atoms with E-state index in [1.54, 1.807) is 61.5 Å². The van der Waals surface area contributed by atoms with Crippen molar-refractivity contribution in [3.05, 3.63) is 178 Å². The monoisotopic (exact) mass is 740 g/mol. The van der Waals surface area contributed by atoms with Gasteiger partial charge in [0.05, 0.1) is 11.1 Å². The summed E-state index contributed by atoms with van der Waals surface area (Å²) < 4.78 is 17.5. The summed E-state index contributed by atoms with van der Waals surface area (Å²) in [5, 5.41) is 18.3. The number of aryl methyl sites for hydroxylation is 2. The number of ether oxygens (including phenoxy) is 3. The molecule has 0 spiro atoms. The SMILES string of the molecule is Cc1ccc(COOc2ccc(Oc3ccc(C(C)(C)c4ccc(Oc5ccc(OC(=O)c6ccc(C)cc6C(=O)O)cc5)cc4)cc3)cc2)c(COO)c1. The van der Waals surface area contributed by atoms with Crippen molar-refractivity contribution >= 4 is 11.9 Å². The lowest BCUT2D eigenvalue weighted by atomic mass is 9.78. The molecule has 0 fully saturated rings. The summed E-state index contributed by atoms with van der Waals surface area (Å²) in [5.74, 6) is 1.33. The molecular formula is C45H40O10. The van der Waals surface area contributed by atoms with E-state index >= 15 is 0 Å². The number of hydrogen-bond acceptors (Lipinski definition) is 9. The van der Waals surface area contributed by atoms with Crippen molar-refractivity contribution in [2.75, 3.05) is 0 Å². The van der Waals surface area contributed by atoms with Gasteiger partial charge in [0, 0.05) is 5.41 Å². The van der Waals surface area contributed by atoms with Crippen molar-refractivity contribution in [1.82, 2.24) is 0 Å². The van der Waals surface area contributed by atoms with E-state index in [1.807, 2.05) is 73.7 Å². The number of rotatable bonds is 15. The van der Waals surface area contributed by atoms with E-state index in [0.717, 1.165) is 33.4 Å². The lowest BCUT2D eigenvalue weighted by molar-refractivity contribution is -0.253. The van der Waals surface area contributed by atoms with Crippen LogP contribution in [0.25, 0.3) is 0 Å². The number of carboxylic acids is 1. The van der Waals surface area contributed by atoms with Gasteiger partial charge in [-0.2, -0.15) is 4.89 Å². The van der Waals surface area contributed by atoms with Gasteiger partial charge in [-0.25, -0.2) is 14.5 Å². The zero-order chi connectivity index (χ0) is 39.0. The highest BCUT2D eigenvalue weighted by atomic mass is 17.2. The van der Waals surface area contributed by atoms with Crippen LogP contribution in [0.5, 0.6) is 34.5 Å². The molecule has 6 rings (SSSR count). The third-order valence-electron chi connectivity index (χ3n) is 9.06. The van der Waals surface area contributed by atoms with E-state index in [1.165, 1.54) is 12.1 Å². The van der Waals surface area contributed by atoms with Gasteiger partial charge < -0.3 is 24.2 Å². The molecule has 0 aliphatic rings. The minimum absolute atomic E-state index is 0.0207. The number of esters is 1. The molecule has 0 unspecified atom stereocenters. The predicted molar refractivity (Wildman–Crippen MR) is 205 cm³/mol. The zero-order valence-corrected chi connectivity index (χ0v) is 30.8. The molecule has 2 N–H and O–H groups in total. The normalized spacial score (nSPS) is 11.1. The van der Waals surface area contributed by atoms with Gasteiger partial charge in [0.1, 0.15) is 42.0 Å². The van der Waals surface area contributed by atoms with E-state index in [0.29, 0.717) is 28.7 Å². The van der Waals surface area contributed by atoms with Crippen LogP contribution in [0.3, 0.4) is 0 Å². The molecule has 10 heteroatoms. The van der Waals surface area contributed by atoms with Crippen LogP contribution >= 0.6 is 0 Å². The lowest BCUT2D eigenvalue weighted by Gasteiger charge is -2.26. The van der Waals surface area contributed by atoms with Crippen LogP contribution in [-0.2, 0) is 28.4 Å². The molecule has 0 radical (unpaired) electrons. The van der Waals surface area contributed by atoms with Crippen molar-refractivity contribution in [1.29, 1.82) is 0 Å². The average Bonchev–Trinajstić information content (AvgIpc) is 3.17. The Labute approximate surface area is 318 Å². The molecule has 0 atom stereocenters. The van der Waals surface area contributed by atoms with E-state index in [2.05, 4.69) is 18.7 Å². The van der Waals surface area contributed by atoms with Crippen LogP contribution in [0.15, 0.2) is 133 Å². The van der Waals surface area contributed by atoms with Crippen molar-refractivity contribution in [2.24, 2.45) is 0 Å². The molecule has 0 bridgehead atoms. The highest BCUT2D eigenvalue weighted by Gasteiger charge is 2.23. The molecule has 0 saturated carbocycles. The number of carbonyl (C=O) groups is 2. The van der Waals surface area contributed by atoms with Gasteiger partial charge >= 0.3 is 11.9 Å². The first-order chi connectivity index (χ1) is 26.5. The van der Waals surface area contributed by atoms with Crippen LogP contribution < -0.4 is 19.1 Å². The molecule has 0 heterocycles. The summed E-state index contributed by atoms with van der Waals surface area (Å²) in [6.45, 7) is 8.26. The van der Waals surface area contributed by atoms with Gasteiger partial charge in [0.15, 0.2) is 5.75 Å². The first-order valence-electron chi connectivity index (χ1n) is 17.5. The third-order valence-corrected chi connectivity index (χ3v) is 9.06. The molecule has 0 aliphatic carbocycles. The van der Waals surface area contributed by atoms with Gasteiger partial charge in [-0.05, 0) is 121 Å². The van der Waals surface area contributed by atoms with Gasteiger partial charge in [-0.15, -0.1) is 0 Å². The van der Waals surface area contributed by atoms with Crippen LogP contribution in [-0.4, -0.2) is 22.3 Å². The molecule has 0 amide bonds. The van der Waals surface area contributed by atoms with Crippen molar-refractivity contribution in [3.8, 4) is 34.5 Å². The fraction of sp³-hybridized carbons (Fsp3) is 0.156. The summed E-state index contributed by atoms with van der Waals surface area (Å²) in [6.07, 6.45) is 0. The fourth-order valence-corrected chi connectivity index (χ4v) is 5.89. The molecule has 0 aromatic heterocycles. The van der Waals surface area contributed by atoms with Crippen molar-refractivity contribution in [2.45, 2.75) is 46.3 Å². The minimum atomic E-state index is -1.20. The van der Waals surface area contributed by atoms with Crippen LogP contribution in [0, 0.1) is 13.8 Å². The van der Waals surface area contributed by atoms with E-state index in [4.69, 9.17) is 29.2 Å². The molecule has 6 aromatic rings. The Bertz CT molecular complexity index is 2240. The predicted octanol–water partition coefficient (Wildman–Crippen LogP) is 10.6. The Kier molecular flexibility index (Phi) is 11.9. The second-order valence-electron chi connectivity index (χ2n) is 13.5. The third kappa shape index (κ3) is 9.75. The maximum absolute atomic E-state index is 12.7. The number of carboxylic acid groups (broad SMARTS) is 1. The first-order valence-corrected chi connectivity index (χ1v) is 17.5. The Morgan fingerprint density at radius 3 is 1.55 bits per heavy atom. The Morgan fingerprint density at radius 2 is 1.02 bits per heavy atom.